The first-order valence-corrected chi connectivity index (χ1v) is 5.46. The summed E-state index contributed by atoms with van der Waals surface area (Å²) in [5.74, 6) is -0.309. The summed E-state index contributed by atoms with van der Waals surface area (Å²) in [6, 6.07) is 5.80. The van der Waals surface area contributed by atoms with Crippen molar-refractivity contribution < 1.29 is 13.9 Å². The van der Waals surface area contributed by atoms with Crippen molar-refractivity contribution in [1.82, 2.24) is 14.8 Å². The predicted molar refractivity (Wildman–Crippen MR) is 62.0 cm³/mol. The lowest BCUT2D eigenvalue weighted by molar-refractivity contribution is 0.0587. The Balaban J connectivity index is 2.46. The molecule has 0 saturated heterocycles. The lowest BCUT2D eigenvalue weighted by atomic mass is 10.3. The summed E-state index contributed by atoms with van der Waals surface area (Å²) in [7, 11) is 1.27. The van der Waals surface area contributed by atoms with Gasteiger partial charge < -0.3 is 4.74 Å². The smallest absolute Gasteiger partial charge is 0.377 e. The molecule has 0 bridgehead atoms. The van der Waals surface area contributed by atoms with Crippen molar-refractivity contribution in [2.45, 2.75) is 13.3 Å². The molecule has 18 heavy (non-hydrogen) atoms. The van der Waals surface area contributed by atoms with Gasteiger partial charge in [-0.3, -0.25) is 0 Å². The van der Waals surface area contributed by atoms with Crippen LogP contribution in [-0.2, 0) is 11.2 Å². The first kappa shape index (κ1) is 12.2. The summed E-state index contributed by atoms with van der Waals surface area (Å²) in [6.07, 6.45) is 0.599. The monoisotopic (exact) mass is 249 g/mol. The zero-order valence-corrected chi connectivity index (χ0v) is 10.1. The van der Waals surface area contributed by atoms with Gasteiger partial charge in [0.15, 0.2) is 0 Å². The molecule has 1 aromatic heterocycles. The van der Waals surface area contributed by atoms with Crippen LogP contribution < -0.4 is 0 Å². The Morgan fingerprint density at radius 2 is 2.06 bits per heavy atom. The summed E-state index contributed by atoms with van der Waals surface area (Å²) in [4.78, 5) is 15.4. The highest BCUT2D eigenvalue weighted by Crippen LogP contribution is 2.12. The van der Waals surface area contributed by atoms with Crippen molar-refractivity contribution in [2.24, 2.45) is 0 Å². The molecule has 2 rings (SSSR count). The first-order chi connectivity index (χ1) is 8.65. The highest BCUT2D eigenvalue weighted by molar-refractivity contribution is 5.84. The van der Waals surface area contributed by atoms with Crippen LogP contribution in [0, 0.1) is 5.82 Å². The van der Waals surface area contributed by atoms with Gasteiger partial charge in [0.25, 0.3) is 5.82 Å². The van der Waals surface area contributed by atoms with Crippen LogP contribution >= 0.6 is 0 Å². The standard InChI is InChI=1S/C12H12FN3O2/c1-3-10-14-11(12(17)18-2)15-16(10)9-6-4-8(13)5-7-9/h4-7H,3H2,1-2H3. The van der Waals surface area contributed by atoms with Gasteiger partial charge in [-0.15, -0.1) is 5.10 Å². The number of hydrogen-bond acceptors (Lipinski definition) is 4. The molecule has 0 atom stereocenters. The topological polar surface area (TPSA) is 57.0 Å². The molecule has 0 N–H and O–H groups in total. The van der Waals surface area contributed by atoms with Crippen LogP contribution in [0.4, 0.5) is 4.39 Å². The Hall–Kier alpha value is -2.24. The number of halogens is 1. The predicted octanol–water partition coefficient (Wildman–Crippen LogP) is 1.76. The maximum Gasteiger partial charge on any atom is 0.377 e. The maximum atomic E-state index is 12.9. The van der Waals surface area contributed by atoms with E-state index < -0.39 is 5.97 Å². The number of rotatable bonds is 3. The average Bonchev–Trinajstić information content (AvgIpc) is 2.83. The third-order valence-corrected chi connectivity index (χ3v) is 2.43. The molecule has 0 fully saturated rings. The Labute approximate surface area is 103 Å². The molecule has 0 radical (unpaired) electrons. The van der Waals surface area contributed by atoms with Crippen molar-refractivity contribution in [1.29, 1.82) is 0 Å². The Bertz CT molecular complexity index is 563. The summed E-state index contributed by atoms with van der Waals surface area (Å²) in [5, 5.41) is 4.06. The second-order valence-electron chi connectivity index (χ2n) is 3.58. The zero-order valence-electron chi connectivity index (χ0n) is 10.1. The van der Waals surface area contributed by atoms with Gasteiger partial charge in [-0.2, -0.15) is 0 Å². The summed E-state index contributed by atoms with van der Waals surface area (Å²) < 4.78 is 18.9. The lowest BCUT2D eigenvalue weighted by Crippen LogP contribution is -2.05. The van der Waals surface area contributed by atoms with E-state index in [-0.39, 0.29) is 11.6 Å². The summed E-state index contributed by atoms with van der Waals surface area (Å²) in [5.41, 5.74) is 0.649. The molecule has 6 heteroatoms. The van der Waals surface area contributed by atoms with Gasteiger partial charge in [-0.1, -0.05) is 6.92 Å². The van der Waals surface area contributed by atoms with Crippen LogP contribution in [0.3, 0.4) is 0 Å². The number of methoxy groups -OCH3 is 1. The SMILES string of the molecule is CCc1nc(C(=O)OC)nn1-c1ccc(F)cc1. The minimum absolute atomic E-state index is 0.00123. The van der Waals surface area contributed by atoms with Crippen molar-refractivity contribution in [3.63, 3.8) is 0 Å². The number of carbonyl (C=O) groups excluding carboxylic acids is 1. The highest BCUT2D eigenvalue weighted by Gasteiger charge is 2.16. The molecule has 0 aliphatic carbocycles. The fraction of sp³-hybridized carbons (Fsp3) is 0.250. The molecule has 0 spiro atoms. The van der Waals surface area contributed by atoms with Gasteiger partial charge in [0, 0.05) is 6.42 Å². The number of hydrogen-bond donors (Lipinski definition) is 0. The van der Waals surface area contributed by atoms with E-state index in [1.807, 2.05) is 6.92 Å². The highest BCUT2D eigenvalue weighted by atomic mass is 19.1. The lowest BCUT2D eigenvalue weighted by Gasteiger charge is -2.03. The molecule has 0 unspecified atom stereocenters. The number of nitrogens with zero attached hydrogens (tertiary/aromatic N) is 3. The van der Waals surface area contributed by atoms with Gasteiger partial charge in [0.05, 0.1) is 12.8 Å². The van der Waals surface area contributed by atoms with E-state index in [1.54, 1.807) is 12.1 Å². The van der Waals surface area contributed by atoms with Gasteiger partial charge >= 0.3 is 5.97 Å². The van der Waals surface area contributed by atoms with Crippen LogP contribution in [0.25, 0.3) is 5.69 Å². The van der Waals surface area contributed by atoms with E-state index in [4.69, 9.17) is 0 Å². The van der Waals surface area contributed by atoms with Crippen LogP contribution in [0.1, 0.15) is 23.4 Å². The maximum absolute atomic E-state index is 12.9. The van der Waals surface area contributed by atoms with Crippen LogP contribution in [-0.4, -0.2) is 27.8 Å². The third kappa shape index (κ3) is 2.22. The Morgan fingerprint density at radius 3 is 2.61 bits per heavy atom. The Morgan fingerprint density at radius 1 is 1.39 bits per heavy atom. The second-order valence-corrected chi connectivity index (χ2v) is 3.58. The van der Waals surface area contributed by atoms with Gasteiger partial charge in [0.1, 0.15) is 11.6 Å². The fourth-order valence-corrected chi connectivity index (χ4v) is 1.54. The number of benzene rings is 1. The molecule has 0 amide bonds. The van der Waals surface area contributed by atoms with Crippen LogP contribution in [0.15, 0.2) is 24.3 Å². The van der Waals surface area contributed by atoms with E-state index in [0.29, 0.717) is 17.9 Å². The van der Waals surface area contributed by atoms with Crippen molar-refractivity contribution in [3.05, 3.63) is 41.7 Å². The summed E-state index contributed by atoms with van der Waals surface area (Å²) in [6.45, 7) is 1.89. The van der Waals surface area contributed by atoms with Gasteiger partial charge in [0.2, 0.25) is 0 Å². The molecule has 1 heterocycles. The molecule has 1 aromatic carbocycles. The minimum atomic E-state index is -0.592. The van der Waals surface area contributed by atoms with Crippen LogP contribution in [0.2, 0.25) is 0 Å². The van der Waals surface area contributed by atoms with E-state index >= 15 is 0 Å². The molecule has 0 aliphatic rings. The third-order valence-electron chi connectivity index (χ3n) is 2.43. The van der Waals surface area contributed by atoms with Crippen molar-refractivity contribution >= 4 is 5.97 Å². The molecule has 94 valence electrons. The number of carbonyl (C=O) groups is 1. The molecule has 5 nitrogen and oxygen atoms in total. The largest absolute Gasteiger partial charge is 0.463 e. The summed E-state index contributed by atoms with van der Waals surface area (Å²) >= 11 is 0. The Kier molecular flexibility index (Phi) is 3.36. The van der Waals surface area contributed by atoms with Crippen molar-refractivity contribution in [2.75, 3.05) is 7.11 Å². The number of aryl methyl sites for hydroxylation is 1. The van der Waals surface area contributed by atoms with E-state index in [9.17, 15) is 9.18 Å². The number of esters is 1. The van der Waals surface area contributed by atoms with E-state index in [0.717, 1.165) is 0 Å². The first-order valence-electron chi connectivity index (χ1n) is 5.46. The molecular weight excluding hydrogens is 237 g/mol. The van der Waals surface area contributed by atoms with E-state index in [2.05, 4.69) is 14.8 Å². The number of aromatic nitrogens is 3. The molecule has 2 aromatic rings. The van der Waals surface area contributed by atoms with E-state index in [1.165, 1.54) is 23.9 Å². The second kappa shape index (κ2) is 4.95. The molecule has 0 saturated carbocycles. The minimum Gasteiger partial charge on any atom is -0.463 e. The van der Waals surface area contributed by atoms with Gasteiger partial charge in [-0.25, -0.2) is 18.9 Å². The molecule has 0 aliphatic heterocycles. The van der Waals surface area contributed by atoms with Crippen LogP contribution in [0.5, 0.6) is 0 Å². The number of ether oxygens (including phenoxy) is 1. The average molecular weight is 249 g/mol. The molecular formula is C12H12FN3O2. The fourth-order valence-electron chi connectivity index (χ4n) is 1.54. The van der Waals surface area contributed by atoms with Gasteiger partial charge in [-0.05, 0) is 24.3 Å². The quantitative estimate of drug-likeness (QED) is 0.778. The normalized spacial score (nSPS) is 10.4. The zero-order chi connectivity index (χ0) is 13.1. The van der Waals surface area contributed by atoms with Crippen molar-refractivity contribution in [3.8, 4) is 5.69 Å².